The van der Waals surface area contributed by atoms with Crippen LogP contribution < -0.4 is 20.9 Å². The molecule has 2 heterocycles. The number of amides is 2. The fourth-order valence-electron chi connectivity index (χ4n) is 2.80. The summed E-state index contributed by atoms with van der Waals surface area (Å²) in [6.07, 6.45) is 4.88. The molecule has 0 atom stereocenters. The molecule has 1 fully saturated rings. The number of nitrogens with zero attached hydrogens (tertiary/aromatic N) is 3. The average Bonchev–Trinajstić information content (AvgIpc) is 2.66. The predicted octanol–water partition coefficient (Wildman–Crippen LogP) is 2.48. The maximum Gasteiger partial charge on any atom is 0.279 e. The second-order valence-corrected chi connectivity index (χ2v) is 7.19. The Hall–Kier alpha value is -3.88. The number of carbonyl (C=O) groups is 2. The normalized spacial score (nSPS) is 13.9. The van der Waals surface area contributed by atoms with E-state index in [-0.39, 0.29) is 23.4 Å². The Morgan fingerprint density at radius 1 is 1.16 bits per heavy atom. The third-order valence-corrected chi connectivity index (χ3v) is 4.33. The molecule has 0 aliphatic carbocycles. The van der Waals surface area contributed by atoms with E-state index in [0.29, 0.717) is 22.9 Å². The number of aromatic nitrogens is 1. The highest BCUT2D eigenvalue weighted by molar-refractivity contribution is 6.06. The number of pyridine rings is 1. The van der Waals surface area contributed by atoms with Crippen molar-refractivity contribution in [3.05, 3.63) is 60.1 Å². The van der Waals surface area contributed by atoms with Gasteiger partial charge in [0.1, 0.15) is 28.8 Å². The van der Waals surface area contributed by atoms with Crippen molar-refractivity contribution in [3.63, 3.8) is 0 Å². The zero-order chi connectivity index (χ0) is 22.4. The van der Waals surface area contributed by atoms with Gasteiger partial charge in [0.2, 0.25) is 0 Å². The van der Waals surface area contributed by atoms with Crippen molar-refractivity contribution < 1.29 is 19.1 Å². The molecule has 0 saturated carbocycles. The molecule has 0 bridgehead atoms. The Labute approximate surface area is 180 Å². The molecule has 1 aromatic carbocycles. The topological polar surface area (TPSA) is 133 Å². The van der Waals surface area contributed by atoms with Crippen LogP contribution in [-0.2, 0) is 0 Å². The quantitative estimate of drug-likeness (QED) is 0.516. The number of amidine groups is 1. The Morgan fingerprint density at radius 3 is 2.48 bits per heavy atom. The van der Waals surface area contributed by atoms with E-state index >= 15 is 0 Å². The van der Waals surface area contributed by atoms with Gasteiger partial charge in [-0.25, -0.2) is 4.98 Å². The van der Waals surface area contributed by atoms with Crippen LogP contribution in [0.5, 0.6) is 17.2 Å². The van der Waals surface area contributed by atoms with Gasteiger partial charge in [-0.15, -0.1) is 0 Å². The SMILES string of the molecule is CC(C)Oc1cc(Oc2ccc(C(=O)N3CCC3)nc2)cc(C(=O)N=C(N)/C=C\N)c1. The summed E-state index contributed by atoms with van der Waals surface area (Å²) in [6, 6.07) is 8.01. The molecule has 0 unspecified atom stereocenters. The Kier molecular flexibility index (Phi) is 6.86. The van der Waals surface area contributed by atoms with Crippen molar-refractivity contribution in [2.45, 2.75) is 26.4 Å². The molecule has 1 saturated heterocycles. The van der Waals surface area contributed by atoms with E-state index in [2.05, 4.69) is 9.98 Å². The standard InChI is InChI=1S/C22H25N5O4/c1-14(2)30-17-10-15(21(28)26-20(24)6-7-23)11-18(12-17)31-16-4-5-19(25-13-16)22(29)27-8-3-9-27/h4-7,10-14H,3,8-9,23H2,1-2H3,(H2,24,26,28)/b7-6-. The van der Waals surface area contributed by atoms with E-state index < -0.39 is 5.91 Å². The van der Waals surface area contributed by atoms with Crippen LogP contribution in [0.2, 0.25) is 0 Å². The van der Waals surface area contributed by atoms with Crippen LogP contribution in [0.15, 0.2) is 53.8 Å². The van der Waals surface area contributed by atoms with Crippen LogP contribution in [0.25, 0.3) is 0 Å². The molecule has 2 aromatic rings. The molecule has 0 radical (unpaired) electrons. The maximum atomic E-state index is 12.5. The molecular weight excluding hydrogens is 398 g/mol. The first-order valence-corrected chi connectivity index (χ1v) is 9.87. The minimum atomic E-state index is -0.566. The van der Waals surface area contributed by atoms with Crippen LogP contribution >= 0.6 is 0 Å². The van der Waals surface area contributed by atoms with E-state index in [1.54, 1.807) is 29.2 Å². The lowest BCUT2D eigenvalue weighted by Gasteiger charge is -2.30. The number of hydrogen-bond acceptors (Lipinski definition) is 6. The van der Waals surface area contributed by atoms with Crippen molar-refractivity contribution in [1.82, 2.24) is 9.88 Å². The largest absolute Gasteiger partial charge is 0.491 e. The summed E-state index contributed by atoms with van der Waals surface area (Å²) in [6.45, 7) is 5.25. The number of aliphatic imine (C=N–C) groups is 1. The van der Waals surface area contributed by atoms with Crippen molar-refractivity contribution in [1.29, 1.82) is 0 Å². The highest BCUT2D eigenvalue weighted by Gasteiger charge is 2.22. The number of hydrogen-bond donors (Lipinski definition) is 2. The molecule has 4 N–H and O–H groups in total. The maximum absolute atomic E-state index is 12.5. The molecular formula is C22H25N5O4. The minimum absolute atomic E-state index is 0.0168. The molecule has 3 rings (SSSR count). The number of ether oxygens (including phenoxy) is 2. The molecule has 1 aliphatic rings. The van der Waals surface area contributed by atoms with Crippen LogP contribution in [-0.4, -0.2) is 46.7 Å². The third-order valence-electron chi connectivity index (χ3n) is 4.33. The van der Waals surface area contributed by atoms with Gasteiger partial charge >= 0.3 is 0 Å². The first-order chi connectivity index (χ1) is 14.9. The van der Waals surface area contributed by atoms with E-state index in [4.69, 9.17) is 20.9 Å². The smallest absolute Gasteiger partial charge is 0.279 e. The predicted molar refractivity (Wildman–Crippen MR) is 116 cm³/mol. The zero-order valence-electron chi connectivity index (χ0n) is 17.4. The van der Waals surface area contributed by atoms with E-state index in [9.17, 15) is 9.59 Å². The summed E-state index contributed by atoms with van der Waals surface area (Å²) in [5.74, 6) is 0.527. The van der Waals surface area contributed by atoms with E-state index in [1.165, 1.54) is 24.5 Å². The molecule has 1 aliphatic heterocycles. The molecule has 9 nitrogen and oxygen atoms in total. The summed E-state index contributed by atoms with van der Waals surface area (Å²) in [7, 11) is 0. The Morgan fingerprint density at radius 2 is 1.90 bits per heavy atom. The number of likely N-dealkylation sites (tertiary alicyclic amines) is 1. The summed E-state index contributed by atoms with van der Waals surface area (Å²) in [5.41, 5.74) is 11.5. The monoisotopic (exact) mass is 423 g/mol. The lowest BCUT2D eigenvalue weighted by molar-refractivity contribution is 0.0645. The number of carbonyl (C=O) groups excluding carboxylic acids is 2. The highest BCUT2D eigenvalue weighted by atomic mass is 16.5. The van der Waals surface area contributed by atoms with E-state index in [1.807, 2.05) is 13.8 Å². The summed E-state index contributed by atoms with van der Waals surface area (Å²) < 4.78 is 11.6. The molecule has 1 aromatic heterocycles. The minimum Gasteiger partial charge on any atom is -0.491 e. The van der Waals surface area contributed by atoms with Crippen molar-refractivity contribution >= 4 is 17.6 Å². The lowest BCUT2D eigenvalue weighted by Crippen LogP contribution is -2.42. The molecule has 0 spiro atoms. The fourth-order valence-corrected chi connectivity index (χ4v) is 2.80. The van der Waals surface area contributed by atoms with Gasteiger partial charge in [0.25, 0.3) is 11.8 Å². The summed E-state index contributed by atoms with van der Waals surface area (Å²) in [4.78, 5) is 34.4. The number of nitrogens with two attached hydrogens (primary N) is 2. The van der Waals surface area contributed by atoms with Gasteiger partial charge < -0.3 is 25.8 Å². The lowest BCUT2D eigenvalue weighted by atomic mass is 10.2. The van der Waals surface area contributed by atoms with Crippen molar-refractivity contribution in [2.75, 3.05) is 13.1 Å². The van der Waals surface area contributed by atoms with Gasteiger partial charge in [0.15, 0.2) is 0 Å². The summed E-state index contributed by atoms with van der Waals surface area (Å²) in [5, 5.41) is 0. The highest BCUT2D eigenvalue weighted by Crippen LogP contribution is 2.28. The van der Waals surface area contributed by atoms with Gasteiger partial charge in [0, 0.05) is 24.7 Å². The van der Waals surface area contributed by atoms with Crippen molar-refractivity contribution in [2.24, 2.45) is 16.5 Å². The molecule has 162 valence electrons. The molecule has 9 heteroatoms. The van der Waals surface area contributed by atoms with Gasteiger partial charge in [-0.2, -0.15) is 4.99 Å². The number of rotatable bonds is 7. The van der Waals surface area contributed by atoms with Gasteiger partial charge in [-0.1, -0.05) is 0 Å². The van der Waals surface area contributed by atoms with Crippen molar-refractivity contribution in [3.8, 4) is 17.2 Å². The molecule has 31 heavy (non-hydrogen) atoms. The average molecular weight is 423 g/mol. The van der Waals surface area contributed by atoms with Crippen LogP contribution in [0.3, 0.4) is 0 Å². The summed E-state index contributed by atoms with van der Waals surface area (Å²) >= 11 is 0. The first-order valence-electron chi connectivity index (χ1n) is 9.87. The van der Waals surface area contributed by atoms with Gasteiger partial charge in [0.05, 0.1) is 12.3 Å². The zero-order valence-corrected chi connectivity index (χ0v) is 17.4. The van der Waals surface area contributed by atoms with Crippen LogP contribution in [0.4, 0.5) is 0 Å². The molecule has 2 amide bonds. The van der Waals surface area contributed by atoms with Gasteiger partial charge in [-0.3, -0.25) is 9.59 Å². The number of benzene rings is 1. The second-order valence-electron chi connectivity index (χ2n) is 7.19. The second kappa shape index (κ2) is 9.75. The first kappa shape index (κ1) is 21.8. The van der Waals surface area contributed by atoms with Crippen LogP contribution in [0, 0.1) is 0 Å². The van der Waals surface area contributed by atoms with Gasteiger partial charge in [-0.05, 0) is 56.8 Å². The Bertz CT molecular complexity index is 1010. The van der Waals surface area contributed by atoms with Crippen LogP contribution in [0.1, 0.15) is 41.1 Å². The Balaban J connectivity index is 1.83. The van der Waals surface area contributed by atoms with E-state index in [0.717, 1.165) is 19.5 Å². The third kappa shape index (κ3) is 5.81. The fraction of sp³-hybridized carbons (Fsp3) is 0.273.